The Balaban J connectivity index is 0. The van der Waals surface area contributed by atoms with Gasteiger partial charge in [-0.25, -0.2) is 0 Å². The Labute approximate surface area is 87.2 Å². The molecule has 0 saturated heterocycles. The van der Waals surface area contributed by atoms with E-state index in [-0.39, 0.29) is 24.5 Å². The van der Waals surface area contributed by atoms with Crippen LogP contribution in [-0.2, 0) is 17.1 Å². The summed E-state index contributed by atoms with van der Waals surface area (Å²) in [6.45, 7) is 11.0. The maximum atomic E-state index is 2.20. The van der Waals surface area contributed by atoms with Crippen molar-refractivity contribution in [3.63, 3.8) is 0 Å². The normalized spacial score (nSPS) is 8.75. The van der Waals surface area contributed by atoms with Crippen LogP contribution in [0.1, 0.15) is 27.8 Å². The van der Waals surface area contributed by atoms with Crippen LogP contribution in [0.15, 0.2) is 0 Å². The monoisotopic (exact) mass is 206 g/mol. The Kier molecular flexibility index (Phi) is 5.74. The largest absolute Gasteiger partial charge is 2.00 e. The summed E-state index contributed by atoms with van der Waals surface area (Å²) in [5.74, 6) is 0. The van der Waals surface area contributed by atoms with Gasteiger partial charge in [0.25, 0.3) is 0 Å². The summed E-state index contributed by atoms with van der Waals surface area (Å²) in [6, 6.07) is 0. The molecule has 0 nitrogen and oxygen atoms in total. The minimum Gasteiger partial charge on any atom is -0.358 e. The predicted octanol–water partition coefficient (Wildman–Crippen LogP) is 3.40. The summed E-state index contributed by atoms with van der Waals surface area (Å²) in [5.41, 5.74) is 7.34. The minimum atomic E-state index is 0. The van der Waals surface area contributed by atoms with Gasteiger partial charge in [-0.15, -0.1) is 0 Å². The molecule has 0 amide bonds. The average Bonchev–Trinajstić information content (AvgIpc) is 2.07. The van der Waals surface area contributed by atoms with E-state index in [2.05, 4.69) is 34.6 Å². The molecule has 0 aliphatic rings. The maximum absolute atomic E-state index is 2.20. The van der Waals surface area contributed by atoms with Gasteiger partial charge >= 0.3 is 17.1 Å². The third-order valence-corrected chi connectivity index (χ3v) is 2.81. The van der Waals surface area contributed by atoms with E-state index < -0.39 is 0 Å². The molecule has 0 unspecified atom stereocenters. The van der Waals surface area contributed by atoms with Gasteiger partial charge in [-0.2, -0.15) is 27.8 Å². The molecule has 0 radical (unpaired) electrons. The molecule has 0 aliphatic heterocycles. The van der Waals surface area contributed by atoms with E-state index in [9.17, 15) is 0 Å². The molecule has 0 bridgehead atoms. The molecule has 0 aliphatic carbocycles. The van der Waals surface area contributed by atoms with E-state index in [1.807, 2.05) is 0 Å². The first-order chi connectivity index (χ1) is 4.55. The Morgan fingerprint density at radius 3 is 1.17 bits per heavy atom. The van der Waals surface area contributed by atoms with Crippen molar-refractivity contribution in [1.82, 2.24) is 0 Å². The van der Waals surface area contributed by atoms with Crippen LogP contribution in [-0.4, -0.2) is 0 Å². The molecule has 0 atom stereocenters. The molecule has 1 heteroatoms. The van der Waals surface area contributed by atoms with Gasteiger partial charge < -0.3 is 7.43 Å². The van der Waals surface area contributed by atoms with Crippen molar-refractivity contribution in [2.75, 3.05) is 0 Å². The van der Waals surface area contributed by atoms with Crippen molar-refractivity contribution in [2.45, 2.75) is 34.6 Å². The fraction of sp³-hybridized carbons (Fsp3) is 0.455. The SMILES string of the molecule is Cc1c(C)c(C)[c-](C)c1C.[CH3-].[Fe+2]. The van der Waals surface area contributed by atoms with E-state index in [1.54, 1.807) is 0 Å². The molecule has 0 saturated carbocycles. The van der Waals surface area contributed by atoms with Crippen LogP contribution in [0.3, 0.4) is 0 Å². The molecule has 0 heterocycles. The van der Waals surface area contributed by atoms with Crippen molar-refractivity contribution in [3.05, 3.63) is 35.2 Å². The standard InChI is InChI=1S/C10H15.CH3.Fe/c1-6-7(2)9(4)10(5)8(6)3;;/h1-5H3;1H3;/q2*-1;+2. The Hall–Kier alpha value is -0.131. The molecule has 0 aromatic heterocycles. The summed E-state index contributed by atoms with van der Waals surface area (Å²) in [5, 5.41) is 0. The van der Waals surface area contributed by atoms with Gasteiger partial charge in [0, 0.05) is 0 Å². The molecule has 1 rings (SSSR count). The molecule has 0 fully saturated rings. The van der Waals surface area contributed by atoms with Crippen molar-refractivity contribution in [2.24, 2.45) is 0 Å². The van der Waals surface area contributed by atoms with Crippen LogP contribution in [0.25, 0.3) is 0 Å². The summed E-state index contributed by atoms with van der Waals surface area (Å²) in [4.78, 5) is 0. The second kappa shape index (κ2) is 4.79. The quantitative estimate of drug-likeness (QED) is 0.450. The number of hydrogen-bond donors (Lipinski definition) is 0. The molecule has 12 heavy (non-hydrogen) atoms. The van der Waals surface area contributed by atoms with Gasteiger partial charge in [0.1, 0.15) is 0 Å². The third kappa shape index (κ3) is 1.97. The zero-order chi connectivity index (χ0) is 7.89. The van der Waals surface area contributed by atoms with Crippen molar-refractivity contribution in [1.29, 1.82) is 0 Å². The molecule has 70 valence electrons. The topological polar surface area (TPSA) is 0 Å². The van der Waals surface area contributed by atoms with Crippen molar-refractivity contribution >= 4 is 0 Å². The molecule has 1 aromatic carbocycles. The van der Waals surface area contributed by atoms with E-state index in [1.165, 1.54) is 27.8 Å². The molecular weight excluding hydrogens is 188 g/mol. The average molecular weight is 206 g/mol. The summed E-state index contributed by atoms with van der Waals surface area (Å²) in [7, 11) is 0. The maximum Gasteiger partial charge on any atom is 2.00 e. The van der Waals surface area contributed by atoms with Gasteiger partial charge in [-0.3, -0.25) is 0 Å². The van der Waals surface area contributed by atoms with Crippen molar-refractivity contribution < 1.29 is 17.1 Å². The van der Waals surface area contributed by atoms with Gasteiger partial charge in [-0.05, 0) is 0 Å². The summed E-state index contributed by atoms with van der Waals surface area (Å²) in [6.07, 6.45) is 0. The zero-order valence-corrected chi connectivity index (χ0v) is 9.96. The van der Waals surface area contributed by atoms with Crippen molar-refractivity contribution in [3.8, 4) is 0 Å². The first-order valence-electron chi connectivity index (χ1n) is 3.75. The summed E-state index contributed by atoms with van der Waals surface area (Å²) >= 11 is 0. The number of rotatable bonds is 0. The van der Waals surface area contributed by atoms with Gasteiger partial charge in [0.2, 0.25) is 0 Å². The van der Waals surface area contributed by atoms with E-state index in [0.29, 0.717) is 0 Å². The van der Waals surface area contributed by atoms with E-state index in [0.717, 1.165) is 0 Å². The first kappa shape index (κ1) is 14.4. The minimum absolute atomic E-state index is 0. The predicted molar refractivity (Wildman–Crippen MR) is 52.1 cm³/mol. The van der Waals surface area contributed by atoms with Crippen LogP contribution in [0.5, 0.6) is 0 Å². The van der Waals surface area contributed by atoms with Crippen LogP contribution < -0.4 is 0 Å². The van der Waals surface area contributed by atoms with Gasteiger partial charge in [0.15, 0.2) is 0 Å². The van der Waals surface area contributed by atoms with Crippen LogP contribution in [0, 0.1) is 42.0 Å². The Morgan fingerprint density at radius 2 is 1.08 bits per heavy atom. The van der Waals surface area contributed by atoms with Gasteiger partial charge in [0.05, 0.1) is 0 Å². The van der Waals surface area contributed by atoms with Crippen LogP contribution >= 0.6 is 0 Å². The third-order valence-electron chi connectivity index (χ3n) is 2.81. The molecule has 0 spiro atoms. The fourth-order valence-electron chi connectivity index (χ4n) is 1.41. The first-order valence-corrected chi connectivity index (χ1v) is 3.75. The zero-order valence-electron chi connectivity index (χ0n) is 8.85. The molecule has 1 aromatic rings. The number of hydrogen-bond acceptors (Lipinski definition) is 0. The molecule has 0 N–H and O–H groups in total. The van der Waals surface area contributed by atoms with Crippen LogP contribution in [0.4, 0.5) is 0 Å². The van der Waals surface area contributed by atoms with E-state index >= 15 is 0 Å². The summed E-state index contributed by atoms with van der Waals surface area (Å²) < 4.78 is 0. The second-order valence-electron chi connectivity index (χ2n) is 3.12. The molecular formula is C11H18Fe. The van der Waals surface area contributed by atoms with E-state index in [4.69, 9.17) is 0 Å². The second-order valence-corrected chi connectivity index (χ2v) is 3.12. The fourth-order valence-corrected chi connectivity index (χ4v) is 1.41. The van der Waals surface area contributed by atoms with Gasteiger partial charge in [-0.1, -0.05) is 34.6 Å². The Bertz CT molecular complexity index is 176. The smallest absolute Gasteiger partial charge is 0.358 e. The van der Waals surface area contributed by atoms with Crippen LogP contribution in [0.2, 0.25) is 0 Å². The Morgan fingerprint density at radius 1 is 0.833 bits per heavy atom.